The summed E-state index contributed by atoms with van der Waals surface area (Å²) in [5.74, 6) is 0. The summed E-state index contributed by atoms with van der Waals surface area (Å²) in [5, 5.41) is 5.53. The second kappa shape index (κ2) is 4.46. The van der Waals surface area contributed by atoms with E-state index in [2.05, 4.69) is 10.6 Å². The van der Waals surface area contributed by atoms with Gasteiger partial charge in [0.15, 0.2) is 0 Å². The molecule has 1 aliphatic carbocycles. The zero-order chi connectivity index (χ0) is 9.73. The zero-order valence-corrected chi connectivity index (χ0v) is 8.23. The molecule has 2 amide bonds. The van der Waals surface area contributed by atoms with Gasteiger partial charge in [0, 0.05) is 18.6 Å². The Labute approximate surface area is 79.3 Å². The predicted molar refractivity (Wildman–Crippen MR) is 52.5 cm³/mol. The summed E-state index contributed by atoms with van der Waals surface area (Å²) >= 11 is 0. The third-order valence-electron chi connectivity index (χ3n) is 2.49. The average Bonchev–Trinajstić information content (AvgIpc) is 2.08. The third kappa shape index (κ3) is 3.22. The SMILES string of the molecule is CCCNC(=O)NCC1(N)CCC1. The lowest BCUT2D eigenvalue weighted by atomic mass is 9.78. The van der Waals surface area contributed by atoms with Gasteiger partial charge in [0.25, 0.3) is 0 Å². The maximum Gasteiger partial charge on any atom is 0.314 e. The van der Waals surface area contributed by atoms with Crippen molar-refractivity contribution in [1.29, 1.82) is 0 Å². The van der Waals surface area contributed by atoms with Crippen LogP contribution in [0.1, 0.15) is 32.6 Å². The van der Waals surface area contributed by atoms with Gasteiger partial charge in [-0.05, 0) is 25.7 Å². The third-order valence-corrected chi connectivity index (χ3v) is 2.49. The van der Waals surface area contributed by atoms with Gasteiger partial charge in [0.05, 0.1) is 0 Å². The average molecular weight is 185 g/mol. The van der Waals surface area contributed by atoms with E-state index >= 15 is 0 Å². The minimum Gasteiger partial charge on any atom is -0.338 e. The van der Waals surface area contributed by atoms with Crippen LogP contribution in [0.3, 0.4) is 0 Å². The van der Waals surface area contributed by atoms with Crippen molar-refractivity contribution >= 4 is 6.03 Å². The molecule has 4 N–H and O–H groups in total. The van der Waals surface area contributed by atoms with Crippen molar-refractivity contribution in [2.45, 2.75) is 38.1 Å². The molecule has 13 heavy (non-hydrogen) atoms. The van der Waals surface area contributed by atoms with E-state index in [-0.39, 0.29) is 11.6 Å². The number of carbonyl (C=O) groups is 1. The number of rotatable bonds is 4. The maximum absolute atomic E-state index is 11.1. The molecular weight excluding hydrogens is 166 g/mol. The van der Waals surface area contributed by atoms with E-state index in [0.717, 1.165) is 25.8 Å². The van der Waals surface area contributed by atoms with Crippen LogP contribution in [0.25, 0.3) is 0 Å². The van der Waals surface area contributed by atoms with Crippen molar-refractivity contribution in [1.82, 2.24) is 10.6 Å². The van der Waals surface area contributed by atoms with Crippen molar-refractivity contribution in [3.8, 4) is 0 Å². The molecular formula is C9H19N3O. The Hall–Kier alpha value is -0.770. The molecule has 1 saturated carbocycles. The number of urea groups is 1. The van der Waals surface area contributed by atoms with Crippen molar-refractivity contribution < 1.29 is 4.79 Å². The van der Waals surface area contributed by atoms with E-state index in [0.29, 0.717) is 6.54 Å². The van der Waals surface area contributed by atoms with Gasteiger partial charge in [-0.15, -0.1) is 0 Å². The first-order valence-corrected chi connectivity index (χ1v) is 4.97. The lowest BCUT2D eigenvalue weighted by molar-refractivity contribution is 0.217. The van der Waals surface area contributed by atoms with E-state index in [1.165, 1.54) is 6.42 Å². The number of hydrogen-bond acceptors (Lipinski definition) is 2. The van der Waals surface area contributed by atoms with Crippen LogP contribution in [0.5, 0.6) is 0 Å². The van der Waals surface area contributed by atoms with E-state index in [4.69, 9.17) is 5.73 Å². The van der Waals surface area contributed by atoms with Crippen molar-refractivity contribution in [2.24, 2.45) is 5.73 Å². The number of nitrogens with one attached hydrogen (secondary N) is 2. The molecule has 1 aliphatic rings. The minimum atomic E-state index is -0.121. The molecule has 0 unspecified atom stereocenters. The molecule has 0 aromatic heterocycles. The summed E-state index contributed by atoms with van der Waals surface area (Å²) in [7, 11) is 0. The molecule has 4 heteroatoms. The molecule has 0 spiro atoms. The monoisotopic (exact) mass is 185 g/mol. The molecule has 0 heterocycles. The van der Waals surface area contributed by atoms with Crippen LogP contribution in [0.2, 0.25) is 0 Å². The summed E-state index contributed by atoms with van der Waals surface area (Å²) in [6.07, 6.45) is 4.21. The van der Waals surface area contributed by atoms with Gasteiger partial charge in [0.1, 0.15) is 0 Å². The van der Waals surface area contributed by atoms with Crippen molar-refractivity contribution in [3.05, 3.63) is 0 Å². The van der Waals surface area contributed by atoms with Crippen molar-refractivity contribution in [2.75, 3.05) is 13.1 Å². The van der Waals surface area contributed by atoms with Gasteiger partial charge in [-0.1, -0.05) is 6.92 Å². The summed E-state index contributed by atoms with van der Waals surface area (Å²) in [6, 6.07) is -0.0985. The summed E-state index contributed by atoms with van der Waals surface area (Å²) in [4.78, 5) is 11.1. The summed E-state index contributed by atoms with van der Waals surface area (Å²) < 4.78 is 0. The Morgan fingerprint density at radius 2 is 2.15 bits per heavy atom. The van der Waals surface area contributed by atoms with Gasteiger partial charge in [-0.3, -0.25) is 0 Å². The van der Waals surface area contributed by atoms with Crippen molar-refractivity contribution in [3.63, 3.8) is 0 Å². The molecule has 0 aromatic carbocycles. The fourth-order valence-electron chi connectivity index (χ4n) is 1.37. The van der Waals surface area contributed by atoms with Gasteiger partial charge in [-0.25, -0.2) is 4.79 Å². The van der Waals surface area contributed by atoms with Crippen LogP contribution < -0.4 is 16.4 Å². The Bertz CT molecular complexity index is 178. The fourth-order valence-corrected chi connectivity index (χ4v) is 1.37. The molecule has 1 fully saturated rings. The topological polar surface area (TPSA) is 67.2 Å². The lowest BCUT2D eigenvalue weighted by Gasteiger charge is -2.38. The highest BCUT2D eigenvalue weighted by molar-refractivity contribution is 5.73. The highest BCUT2D eigenvalue weighted by Crippen LogP contribution is 2.27. The molecule has 0 radical (unpaired) electrons. The predicted octanol–water partition coefficient (Wildman–Crippen LogP) is 0.577. The highest BCUT2D eigenvalue weighted by atomic mass is 16.2. The Balaban J connectivity index is 2.07. The van der Waals surface area contributed by atoms with E-state index in [1.807, 2.05) is 6.92 Å². The second-order valence-corrected chi connectivity index (χ2v) is 3.83. The molecule has 0 aliphatic heterocycles. The fraction of sp³-hybridized carbons (Fsp3) is 0.889. The minimum absolute atomic E-state index is 0.0985. The Morgan fingerprint density at radius 1 is 1.46 bits per heavy atom. The lowest BCUT2D eigenvalue weighted by Crippen LogP contribution is -2.56. The van der Waals surface area contributed by atoms with E-state index < -0.39 is 0 Å². The quantitative estimate of drug-likeness (QED) is 0.599. The maximum atomic E-state index is 11.1. The van der Waals surface area contributed by atoms with Crippen LogP contribution in [0.15, 0.2) is 0 Å². The first-order chi connectivity index (χ1) is 6.16. The van der Waals surface area contributed by atoms with Gasteiger partial charge >= 0.3 is 6.03 Å². The molecule has 0 atom stereocenters. The van der Waals surface area contributed by atoms with Gasteiger partial charge < -0.3 is 16.4 Å². The Kier molecular flexibility index (Phi) is 3.54. The van der Waals surface area contributed by atoms with Crippen LogP contribution in [-0.4, -0.2) is 24.7 Å². The van der Waals surface area contributed by atoms with Gasteiger partial charge in [-0.2, -0.15) is 0 Å². The number of amides is 2. The molecule has 0 aromatic rings. The number of carbonyl (C=O) groups excluding carboxylic acids is 1. The van der Waals surface area contributed by atoms with Crippen LogP contribution >= 0.6 is 0 Å². The summed E-state index contributed by atoms with van der Waals surface area (Å²) in [6.45, 7) is 3.35. The smallest absolute Gasteiger partial charge is 0.314 e. The molecule has 1 rings (SSSR count). The number of nitrogens with two attached hydrogens (primary N) is 1. The Morgan fingerprint density at radius 3 is 2.62 bits per heavy atom. The number of hydrogen-bond donors (Lipinski definition) is 3. The van der Waals surface area contributed by atoms with Crippen LogP contribution in [0.4, 0.5) is 4.79 Å². The largest absolute Gasteiger partial charge is 0.338 e. The molecule has 4 nitrogen and oxygen atoms in total. The molecule has 76 valence electrons. The highest BCUT2D eigenvalue weighted by Gasteiger charge is 2.32. The normalized spacial score (nSPS) is 18.9. The van der Waals surface area contributed by atoms with E-state index in [9.17, 15) is 4.79 Å². The zero-order valence-electron chi connectivity index (χ0n) is 8.23. The first kappa shape index (κ1) is 10.3. The second-order valence-electron chi connectivity index (χ2n) is 3.83. The van der Waals surface area contributed by atoms with Gasteiger partial charge in [0.2, 0.25) is 0 Å². The standard InChI is InChI=1S/C9H19N3O/c1-2-6-11-8(13)12-7-9(10)4-3-5-9/h2-7,10H2,1H3,(H2,11,12,13). The molecule has 0 bridgehead atoms. The summed E-state index contributed by atoms with van der Waals surface area (Å²) in [5.41, 5.74) is 5.82. The molecule has 0 saturated heterocycles. The first-order valence-electron chi connectivity index (χ1n) is 4.97. The van der Waals surface area contributed by atoms with E-state index in [1.54, 1.807) is 0 Å². The van der Waals surface area contributed by atoms with Crippen LogP contribution in [-0.2, 0) is 0 Å². The van der Waals surface area contributed by atoms with Crippen LogP contribution in [0, 0.1) is 0 Å².